The van der Waals surface area contributed by atoms with Crippen molar-refractivity contribution in [3.05, 3.63) is 60.1 Å². The van der Waals surface area contributed by atoms with Gasteiger partial charge in [-0.25, -0.2) is 9.78 Å². The Morgan fingerprint density at radius 3 is 2.69 bits per heavy atom. The minimum absolute atomic E-state index is 0.123. The Morgan fingerprint density at radius 1 is 1.21 bits per heavy atom. The number of aromatic nitrogens is 3. The number of nitrogens with one attached hydrogen (secondary N) is 2. The molecule has 1 aromatic carbocycles. The third-order valence-corrected chi connectivity index (χ3v) is 6.16. The van der Waals surface area contributed by atoms with Crippen LogP contribution in [-0.2, 0) is 12.1 Å². The van der Waals surface area contributed by atoms with Gasteiger partial charge in [0.05, 0.1) is 17.6 Å². The van der Waals surface area contributed by atoms with E-state index in [0.717, 1.165) is 41.8 Å². The Morgan fingerprint density at radius 2 is 1.97 bits per heavy atom. The summed E-state index contributed by atoms with van der Waals surface area (Å²) in [6.45, 7) is 5.10. The quantitative estimate of drug-likeness (QED) is 0.623. The molecule has 0 unspecified atom stereocenters. The first kappa shape index (κ1) is 17.7. The summed E-state index contributed by atoms with van der Waals surface area (Å²) >= 11 is 0. The van der Waals surface area contributed by atoms with E-state index in [9.17, 15) is 4.79 Å². The Balaban J connectivity index is 1.55. The number of benzene rings is 1. The van der Waals surface area contributed by atoms with Crippen LogP contribution >= 0.6 is 0 Å². The molecule has 148 valence electrons. The van der Waals surface area contributed by atoms with Crippen LogP contribution in [0.3, 0.4) is 0 Å². The number of fused-ring (bicyclic) bond motifs is 4. The number of hydrogen-bond acceptors (Lipinski definition) is 5. The van der Waals surface area contributed by atoms with Crippen LogP contribution in [0.1, 0.15) is 48.2 Å². The van der Waals surface area contributed by atoms with Gasteiger partial charge in [-0.15, -0.1) is 0 Å². The van der Waals surface area contributed by atoms with Crippen LogP contribution in [-0.4, -0.2) is 25.6 Å². The van der Waals surface area contributed by atoms with Crippen molar-refractivity contribution in [3.8, 4) is 0 Å². The summed E-state index contributed by atoms with van der Waals surface area (Å²) in [7, 11) is 0. The first-order valence-corrected chi connectivity index (χ1v) is 9.98. The molecule has 3 N–H and O–H groups in total. The lowest BCUT2D eigenvalue weighted by Gasteiger charge is -2.45. The molecule has 0 atom stereocenters. The predicted molar refractivity (Wildman–Crippen MR) is 111 cm³/mol. The van der Waals surface area contributed by atoms with E-state index in [1.165, 1.54) is 25.0 Å². The van der Waals surface area contributed by atoms with Crippen molar-refractivity contribution in [2.45, 2.75) is 44.2 Å². The fourth-order valence-electron chi connectivity index (χ4n) is 4.70. The van der Waals surface area contributed by atoms with Crippen LogP contribution in [0.15, 0.2) is 48.8 Å². The smallest absolute Gasteiger partial charge is 0.335 e. The molecule has 0 saturated heterocycles. The molecule has 1 aliphatic carbocycles. The lowest BCUT2D eigenvalue weighted by Crippen LogP contribution is -2.47. The molecule has 3 heterocycles. The molecule has 29 heavy (non-hydrogen) atoms. The molecule has 7 heteroatoms. The van der Waals surface area contributed by atoms with E-state index in [0.29, 0.717) is 5.95 Å². The standard InChI is InChI=1S/C22H23N5O2/c1-14-22(9-3-2-4-10-22)27-18(13-23-14)11-16-12-24-21(26-19(16)27)25-17-7-5-15(6-8-17)20(28)29/h5-8,11-12,23H,1-4,9-10,13H2,(H,28,29)(H,24,25,26). The van der Waals surface area contributed by atoms with Gasteiger partial charge in [0.25, 0.3) is 0 Å². The van der Waals surface area contributed by atoms with Crippen molar-refractivity contribution in [1.82, 2.24) is 19.9 Å². The topological polar surface area (TPSA) is 92.1 Å². The molecule has 1 saturated carbocycles. The van der Waals surface area contributed by atoms with E-state index in [-0.39, 0.29) is 11.1 Å². The first-order valence-electron chi connectivity index (χ1n) is 9.98. The maximum atomic E-state index is 11.0. The number of hydrogen-bond donors (Lipinski definition) is 3. The maximum Gasteiger partial charge on any atom is 0.335 e. The van der Waals surface area contributed by atoms with Crippen molar-refractivity contribution in [2.75, 3.05) is 5.32 Å². The number of carboxylic acid groups (broad SMARTS) is 1. The second-order valence-corrected chi connectivity index (χ2v) is 7.88. The molecule has 3 aromatic rings. The zero-order chi connectivity index (χ0) is 20.0. The van der Waals surface area contributed by atoms with Crippen molar-refractivity contribution in [2.24, 2.45) is 0 Å². The number of aromatic carboxylic acids is 1. The SMILES string of the molecule is C=C1NCc2cc3cnc(Nc4ccc(C(=O)O)cc4)nc3n2C12CCCCC2. The van der Waals surface area contributed by atoms with Gasteiger partial charge in [0, 0.05) is 28.7 Å². The van der Waals surface area contributed by atoms with Gasteiger partial charge in [0.2, 0.25) is 5.95 Å². The van der Waals surface area contributed by atoms with Gasteiger partial charge in [-0.2, -0.15) is 4.98 Å². The third kappa shape index (κ3) is 2.85. The molecule has 5 rings (SSSR count). The van der Waals surface area contributed by atoms with Crippen LogP contribution in [0.5, 0.6) is 0 Å². The lowest BCUT2D eigenvalue weighted by atomic mass is 9.78. The minimum atomic E-state index is -0.944. The van der Waals surface area contributed by atoms with Crippen LogP contribution in [0.25, 0.3) is 11.0 Å². The van der Waals surface area contributed by atoms with Gasteiger partial charge in [-0.1, -0.05) is 25.8 Å². The van der Waals surface area contributed by atoms with Crippen molar-refractivity contribution in [1.29, 1.82) is 0 Å². The molecule has 1 aliphatic heterocycles. The number of carboxylic acids is 1. The van der Waals surface area contributed by atoms with E-state index < -0.39 is 5.97 Å². The maximum absolute atomic E-state index is 11.0. The molecule has 1 spiro atoms. The fraction of sp³-hybridized carbons (Fsp3) is 0.318. The molecule has 0 bridgehead atoms. The fourth-order valence-corrected chi connectivity index (χ4v) is 4.70. The average Bonchev–Trinajstić information content (AvgIpc) is 3.11. The number of rotatable bonds is 3. The molecule has 2 aromatic heterocycles. The highest BCUT2D eigenvalue weighted by atomic mass is 16.4. The largest absolute Gasteiger partial charge is 0.478 e. The van der Waals surface area contributed by atoms with Gasteiger partial charge < -0.3 is 20.3 Å². The monoisotopic (exact) mass is 389 g/mol. The van der Waals surface area contributed by atoms with Gasteiger partial charge in [-0.05, 0) is 43.2 Å². The van der Waals surface area contributed by atoms with Crippen LogP contribution in [0.4, 0.5) is 11.6 Å². The normalized spacial score (nSPS) is 17.7. The Bertz CT molecular complexity index is 1110. The van der Waals surface area contributed by atoms with Crippen LogP contribution < -0.4 is 10.6 Å². The first-order chi connectivity index (χ1) is 14.1. The third-order valence-electron chi connectivity index (χ3n) is 6.16. The molecule has 0 radical (unpaired) electrons. The summed E-state index contributed by atoms with van der Waals surface area (Å²) in [6.07, 6.45) is 7.62. The van der Waals surface area contributed by atoms with E-state index in [1.807, 2.05) is 6.20 Å². The zero-order valence-corrected chi connectivity index (χ0v) is 16.1. The molecule has 1 fully saturated rings. The van der Waals surface area contributed by atoms with E-state index in [4.69, 9.17) is 10.1 Å². The summed E-state index contributed by atoms with van der Waals surface area (Å²) in [5.41, 5.74) is 4.09. The van der Waals surface area contributed by atoms with Gasteiger partial charge >= 0.3 is 5.97 Å². The summed E-state index contributed by atoms with van der Waals surface area (Å²) in [5, 5.41) is 16.8. The summed E-state index contributed by atoms with van der Waals surface area (Å²) < 4.78 is 2.38. The Kier molecular flexibility index (Phi) is 4.04. The van der Waals surface area contributed by atoms with E-state index in [2.05, 4.69) is 32.8 Å². The second kappa shape index (κ2) is 6.62. The van der Waals surface area contributed by atoms with Crippen molar-refractivity contribution in [3.63, 3.8) is 0 Å². The zero-order valence-electron chi connectivity index (χ0n) is 16.1. The van der Waals surface area contributed by atoms with Gasteiger partial charge in [-0.3, -0.25) is 0 Å². The summed E-state index contributed by atoms with van der Waals surface area (Å²) in [5.74, 6) is -0.447. The van der Waals surface area contributed by atoms with E-state index >= 15 is 0 Å². The average molecular weight is 389 g/mol. The molecular weight excluding hydrogens is 366 g/mol. The summed E-state index contributed by atoms with van der Waals surface area (Å²) in [4.78, 5) is 20.3. The van der Waals surface area contributed by atoms with Crippen molar-refractivity contribution < 1.29 is 9.90 Å². The Labute approximate surface area is 168 Å². The number of nitrogens with zero attached hydrogens (tertiary/aromatic N) is 3. The van der Waals surface area contributed by atoms with Gasteiger partial charge in [0.1, 0.15) is 5.65 Å². The Hall–Kier alpha value is -3.35. The highest BCUT2D eigenvalue weighted by Gasteiger charge is 2.41. The lowest BCUT2D eigenvalue weighted by molar-refractivity contribution is 0.0697. The van der Waals surface area contributed by atoms with Crippen LogP contribution in [0.2, 0.25) is 0 Å². The molecule has 0 amide bonds. The predicted octanol–water partition coefficient (Wildman–Crippen LogP) is 4.15. The highest BCUT2D eigenvalue weighted by molar-refractivity contribution is 5.88. The number of allylic oxidation sites excluding steroid dienone is 1. The summed E-state index contributed by atoms with van der Waals surface area (Å²) in [6, 6.07) is 8.73. The highest BCUT2D eigenvalue weighted by Crippen LogP contribution is 2.44. The second-order valence-electron chi connectivity index (χ2n) is 7.88. The number of carbonyl (C=O) groups is 1. The minimum Gasteiger partial charge on any atom is -0.478 e. The molecule has 2 aliphatic rings. The van der Waals surface area contributed by atoms with Crippen LogP contribution in [0, 0.1) is 0 Å². The van der Waals surface area contributed by atoms with E-state index in [1.54, 1.807) is 24.3 Å². The molecule has 7 nitrogen and oxygen atoms in total. The molecular formula is C22H23N5O2. The van der Waals surface area contributed by atoms with Gasteiger partial charge in [0.15, 0.2) is 0 Å². The number of anilines is 2. The van der Waals surface area contributed by atoms with Crippen molar-refractivity contribution >= 4 is 28.6 Å².